The first-order valence-electron chi connectivity index (χ1n) is 9.07. The van der Waals surface area contributed by atoms with Gasteiger partial charge >= 0.3 is 11.9 Å². The van der Waals surface area contributed by atoms with Crippen LogP contribution in [-0.4, -0.2) is 39.2 Å². The fourth-order valence-electron chi connectivity index (χ4n) is 3.44. The molecule has 1 atom stereocenters. The monoisotopic (exact) mass is 410 g/mol. The predicted molar refractivity (Wildman–Crippen MR) is 98.1 cm³/mol. The van der Waals surface area contributed by atoms with Crippen LogP contribution in [0.1, 0.15) is 17.5 Å². The number of anilines is 1. The number of hydrogen-bond donors (Lipinski definition) is 3. The number of imidazole rings is 1. The van der Waals surface area contributed by atoms with E-state index in [1.54, 1.807) is 0 Å². The number of nitrogens with zero attached hydrogens (tertiary/aromatic N) is 3. The summed E-state index contributed by atoms with van der Waals surface area (Å²) in [5.74, 6) is -0.376. The minimum atomic E-state index is -4.75. The standard InChI is InChI=1S/C18H18F4N6O/c19-13-3-1-2-12(18(20,21)22)11(13)9-28-15-14(26-17(28)29)8-25-16(27-15)24-7-10-4-5-23-6-10/h1-3,8,10,23H,4-7,9H2,(H,26,29)(H,24,25,27)/t10-/m1/s1. The molecule has 0 spiro atoms. The highest BCUT2D eigenvalue weighted by atomic mass is 19.4. The molecule has 1 aromatic carbocycles. The van der Waals surface area contributed by atoms with Crippen LogP contribution in [0.2, 0.25) is 0 Å². The third-order valence-corrected chi connectivity index (χ3v) is 4.96. The van der Waals surface area contributed by atoms with E-state index in [4.69, 9.17) is 0 Å². The van der Waals surface area contributed by atoms with Crippen LogP contribution in [0.5, 0.6) is 0 Å². The molecule has 4 rings (SSSR count). The Labute approximate surface area is 162 Å². The van der Waals surface area contributed by atoms with Crippen molar-refractivity contribution in [1.29, 1.82) is 0 Å². The number of halogens is 4. The highest BCUT2D eigenvalue weighted by Gasteiger charge is 2.34. The maximum absolute atomic E-state index is 14.2. The summed E-state index contributed by atoms with van der Waals surface area (Å²) < 4.78 is 55.0. The molecular formula is C18H18F4N6O. The number of nitrogens with one attached hydrogen (secondary N) is 3. The van der Waals surface area contributed by atoms with Crippen molar-refractivity contribution in [1.82, 2.24) is 24.8 Å². The molecule has 1 saturated heterocycles. The minimum Gasteiger partial charge on any atom is -0.354 e. The highest BCUT2D eigenvalue weighted by molar-refractivity contribution is 5.71. The van der Waals surface area contributed by atoms with Crippen LogP contribution in [0.4, 0.5) is 23.5 Å². The number of rotatable bonds is 5. The first-order valence-corrected chi connectivity index (χ1v) is 9.07. The lowest BCUT2D eigenvalue weighted by atomic mass is 10.1. The third kappa shape index (κ3) is 3.95. The van der Waals surface area contributed by atoms with E-state index in [9.17, 15) is 22.4 Å². The van der Waals surface area contributed by atoms with Crippen molar-refractivity contribution < 1.29 is 17.6 Å². The Morgan fingerprint density at radius 3 is 2.86 bits per heavy atom. The Morgan fingerprint density at radius 2 is 2.14 bits per heavy atom. The second-order valence-corrected chi connectivity index (χ2v) is 6.95. The molecule has 1 fully saturated rings. The zero-order chi connectivity index (χ0) is 20.6. The quantitative estimate of drug-likeness (QED) is 0.562. The Morgan fingerprint density at radius 1 is 1.31 bits per heavy atom. The lowest BCUT2D eigenvalue weighted by Crippen LogP contribution is -2.21. The van der Waals surface area contributed by atoms with Crippen LogP contribution in [-0.2, 0) is 12.7 Å². The van der Waals surface area contributed by atoms with E-state index in [2.05, 4.69) is 25.6 Å². The summed E-state index contributed by atoms with van der Waals surface area (Å²) in [5, 5.41) is 6.32. The van der Waals surface area contributed by atoms with Crippen molar-refractivity contribution in [3.8, 4) is 0 Å². The van der Waals surface area contributed by atoms with Gasteiger partial charge in [0, 0.05) is 12.1 Å². The summed E-state index contributed by atoms with van der Waals surface area (Å²) in [6.07, 6.45) is -2.36. The summed E-state index contributed by atoms with van der Waals surface area (Å²) in [6, 6.07) is 2.71. The molecule has 154 valence electrons. The minimum absolute atomic E-state index is 0.105. The second kappa shape index (κ2) is 7.47. The van der Waals surface area contributed by atoms with Gasteiger partial charge in [-0.3, -0.25) is 4.57 Å². The molecular weight excluding hydrogens is 392 g/mol. The van der Waals surface area contributed by atoms with Gasteiger partial charge in [-0.05, 0) is 37.6 Å². The van der Waals surface area contributed by atoms with E-state index >= 15 is 0 Å². The predicted octanol–water partition coefficient (Wildman–Crippen LogP) is 2.35. The smallest absolute Gasteiger partial charge is 0.354 e. The lowest BCUT2D eigenvalue weighted by molar-refractivity contribution is -0.138. The van der Waals surface area contributed by atoms with Crippen molar-refractivity contribution in [2.75, 3.05) is 25.0 Å². The van der Waals surface area contributed by atoms with Crippen LogP contribution < -0.4 is 16.3 Å². The molecule has 1 aliphatic heterocycles. The third-order valence-electron chi connectivity index (χ3n) is 4.96. The Hall–Kier alpha value is -2.95. The number of hydrogen-bond acceptors (Lipinski definition) is 5. The zero-order valence-corrected chi connectivity index (χ0v) is 15.2. The van der Waals surface area contributed by atoms with E-state index in [0.717, 1.165) is 42.3 Å². The number of alkyl halides is 3. The fourth-order valence-corrected chi connectivity index (χ4v) is 3.44. The normalized spacial score (nSPS) is 17.2. The van der Waals surface area contributed by atoms with Gasteiger partial charge in [-0.1, -0.05) is 6.07 Å². The molecule has 0 aliphatic carbocycles. The van der Waals surface area contributed by atoms with Crippen molar-refractivity contribution in [3.63, 3.8) is 0 Å². The molecule has 0 unspecified atom stereocenters. The number of H-pyrrole nitrogens is 1. The first-order chi connectivity index (χ1) is 13.8. The molecule has 3 aromatic rings. The van der Waals surface area contributed by atoms with Gasteiger partial charge in [0.05, 0.1) is 18.3 Å². The number of fused-ring (bicyclic) bond motifs is 1. The molecule has 0 bridgehead atoms. The van der Waals surface area contributed by atoms with Gasteiger partial charge in [0.25, 0.3) is 0 Å². The van der Waals surface area contributed by atoms with Gasteiger partial charge in [-0.2, -0.15) is 18.2 Å². The van der Waals surface area contributed by atoms with Crippen molar-refractivity contribution in [2.24, 2.45) is 5.92 Å². The van der Waals surface area contributed by atoms with E-state index in [1.807, 2.05) is 0 Å². The fraction of sp³-hybridized carbons (Fsp3) is 0.389. The van der Waals surface area contributed by atoms with Gasteiger partial charge in [0.2, 0.25) is 5.95 Å². The van der Waals surface area contributed by atoms with Crippen molar-refractivity contribution in [2.45, 2.75) is 19.1 Å². The molecule has 0 radical (unpaired) electrons. The number of aromatic amines is 1. The topological polar surface area (TPSA) is 87.6 Å². The van der Waals surface area contributed by atoms with E-state index in [0.29, 0.717) is 12.5 Å². The average molecular weight is 410 g/mol. The van der Waals surface area contributed by atoms with Crippen LogP contribution >= 0.6 is 0 Å². The molecule has 11 heteroatoms. The average Bonchev–Trinajstić information content (AvgIpc) is 3.28. The summed E-state index contributed by atoms with van der Waals surface area (Å²) in [6.45, 7) is 1.83. The van der Waals surface area contributed by atoms with Crippen LogP contribution in [0.3, 0.4) is 0 Å². The molecule has 29 heavy (non-hydrogen) atoms. The summed E-state index contributed by atoms with van der Waals surface area (Å²) in [7, 11) is 0. The van der Waals surface area contributed by atoms with Crippen LogP contribution in [0.25, 0.3) is 11.2 Å². The van der Waals surface area contributed by atoms with E-state index < -0.39 is 35.4 Å². The van der Waals surface area contributed by atoms with Gasteiger partial charge in [0.1, 0.15) is 11.3 Å². The van der Waals surface area contributed by atoms with Crippen LogP contribution in [0, 0.1) is 11.7 Å². The van der Waals surface area contributed by atoms with Gasteiger partial charge in [-0.15, -0.1) is 0 Å². The van der Waals surface area contributed by atoms with Gasteiger partial charge in [-0.25, -0.2) is 14.2 Å². The highest BCUT2D eigenvalue weighted by Crippen LogP contribution is 2.33. The second-order valence-electron chi connectivity index (χ2n) is 6.95. The Kier molecular flexibility index (Phi) is 4.99. The van der Waals surface area contributed by atoms with Gasteiger partial charge < -0.3 is 15.6 Å². The Balaban J connectivity index is 1.68. The van der Waals surface area contributed by atoms with Crippen molar-refractivity contribution >= 4 is 17.1 Å². The SMILES string of the molecule is O=c1[nH]c2cnc(NC[C@@H]3CCNC3)nc2n1Cc1c(F)cccc1C(F)(F)F. The summed E-state index contributed by atoms with van der Waals surface area (Å²) in [5.41, 5.74) is -2.07. The molecule has 3 heterocycles. The maximum atomic E-state index is 14.2. The molecule has 7 nitrogen and oxygen atoms in total. The first kappa shape index (κ1) is 19.4. The van der Waals surface area contributed by atoms with E-state index in [-0.39, 0.29) is 17.1 Å². The molecule has 3 N–H and O–H groups in total. The largest absolute Gasteiger partial charge is 0.416 e. The zero-order valence-electron chi connectivity index (χ0n) is 15.2. The van der Waals surface area contributed by atoms with Crippen LogP contribution in [0.15, 0.2) is 29.2 Å². The molecule has 0 saturated carbocycles. The van der Waals surface area contributed by atoms with Gasteiger partial charge in [0.15, 0.2) is 5.65 Å². The molecule has 2 aromatic heterocycles. The Bertz CT molecular complexity index is 1080. The lowest BCUT2D eigenvalue weighted by Gasteiger charge is -2.14. The summed E-state index contributed by atoms with van der Waals surface area (Å²) >= 11 is 0. The molecule has 1 aliphatic rings. The summed E-state index contributed by atoms with van der Waals surface area (Å²) in [4.78, 5) is 23.2. The van der Waals surface area contributed by atoms with E-state index in [1.165, 1.54) is 6.20 Å². The molecule has 0 amide bonds. The maximum Gasteiger partial charge on any atom is 0.416 e. The number of benzene rings is 1. The van der Waals surface area contributed by atoms with Crippen molar-refractivity contribution in [3.05, 3.63) is 51.8 Å². The number of aromatic nitrogens is 4.